The minimum Gasteiger partial charge on any atom is -0.366 e. The van der Waals surface area contributed by atoms with Gasteiger partial charge in [0.05, 0.1) is 0 Å². The van der Waals surface area contributed by atoms with E-state index in [-0.39, 0.29) is 5.78 Å². The maximum absolute atomic E-state index is 12.9. The van der Waals surface area contributed by atoms with Crippen LogP contribution in [0, 0.1) is 0 Å². The first kappa shape index (κ1) is 14.5. The van der Waals surface area contributed by atoms with Crippen molar-refractivity contribution in [1.82, 2.24) is 9.55 Å². The molecule has 2 aromatic heterocycles. The minimum absolute atomic E-state index is 0.0418. The number of fused-ring (bicyclic) bond motifs is 1. The third kappa shape index (κ3) is 2.26. The van der Waals surface area contributed by atoms with Crippen molar-refractivity contribution >= 4 is 16.7 Å². The number of carbonyl (C=O) groups is 1. The van der Waals surface area contributed by atoms with Crippen molar-refractivity contribution in [2.75, 3.05) is 0 Å². The molecule has 0 spiro atoms. The van der Waals surface area contributed by atoms with Crippen LogP contribution in [0.15, 0.2) is 73.2 Å². The lowest BCUT2D eigenvalue weighted by Gasteiger charge is -2.03. The van der Waals surface area contributed by atoms with Gasteiger partial charge in [-0.1, -0.05) is 48.5 Å². The zero-order valence-electron chi connectivity index (χ0n) is 13.5. The summed E-state index contributed by atoms with van der Waals surface area (Å²) in [6.07, 6.45) is 5.84. The van der Waals surface area contributed by atoms with Crippen molar-refractivity contribution in [3.05, 3.63) is 84.3 Å². The molecule has 24 heavy (non-hydrogen) atoms. The van der Waals surface area contributed by atoms with E-state index in [2.05, 4.69) is 34.8 Å². The number of nitrogens with one attached hydrogen (secondary N) is 1. The monoisotopic (exact) mass is 314 g/mol. The second-order valence-corrected chi connectivity index (χ2v) is 5.82. The molecule has 0 fully saturated rings. The quantitative estimate of drug-likeness (QED) is 0.535. The van der Waals surface area contributed by atoms with Crippen molar-refractivity contribution < 1.29 is 4.79 Å². The number of benzene rings is 2. The highest BCUT2D eigenvalue weighted by Crippen LogP contribution is 2.33. The molecule has 0 saturated carbocycles. The Bertz CT molecular complexity index is 1010. The van der Waals surface area contributed by atoms with Crippen LogP contribution in [0.1, 0.15) is 22.8 Å². The van der Waals surface area contributed by atoms with Crippen LogP contribution in [0.2, 0.25) is 0 Å². The molecule has 0 radical (unpaired) electrons. The normalized spacial score (nSPS) is 11.0. The van der Waals surface area contributed by atoms with Crippen molar-refractivity contribution in [1.29, 1.82) is 0 Å². The van der Waals surface area contributed by atoms with E-state index < -0.39 is 0 Å². The van der Waals surface area contributed by atoms with Gasteiger partial charge in [-0.15, -0.1) is 0 Å². The summed E-state index contributed by atoms with van der Waals surface area (Å²) in [6, 6.07) is 17.7. The SMILES string of the molecule is CCn1cc(-c2c[nH]cc2C(=O)c2ccccc2)c2ccccc21. The van der Waals surface area contributed by atoms with Crippen LogP contribution in [0.25, 0.3) is 22.0 Å². The summed E-state index contributed by atoms with van der Waals surface area (Å²) >= 11 is 0. The van der Waals surface area contributed by atoms with Gasteiger partial charge in [-0.05, 0) is 13.0 Å². The number of aryl methyl sites for hydroxylation is 1. The molecule has 2 heterocycles. The highest BCUT2D eigenvalue weighted by Gasteiger charge is 2.18. The average molecular weight is 314 g/mol. The number of nitrogens with zero attached hydrogens (tertiary/aromatic N) is 1. The number of ketones is 1. The van der Waals surface area contributed by atoms with Gasteiger partial charge >= 0.3 is 0 Å². The van der Waals surface area contributed by atoms with Crippen LogP contribution in [-0.2, 0) is 6.54 Å². The van der Waals surface area contributed by atoms with Gasteiger partial charge in [0.2, 0.25) is 0 Å². The summed E-state index contributed by atoms with van der Waals surface area (Å²) in [5.74, 6) is 0.0418. The van der Waals surface area contributed by atoms with Crippen LogP contribution in [-0.4, -0.2) is 15.3 Å². The van der Waals surface area contributed by atoms with Gasteiger partial charge in [0.1, 0.15) is 0 Å². The van der Waals surface area contributed by atoms with Gasteiger partial charge in [0, 0.05) is 58.3 Å². The van der Waals surface area contributed by atoms with Crippen molar-refractivity contribution in [2.45, 2.75) is 13.5 Å². The van der Waals surface area contributed by atoms with E-state index in [0.717, 1.165) is 17.7 Å². The predicted molar refractivity (Wildman–Crippen MR) is 97.3 cm³/mol. The maximum Gasteiger partial charge on any atom is 0.195 e. The third-order valence-corrected chi connectivity index (χ3v) is 4.45. The number of hydrogen-bond donors (Lipinski definition) is 1. The molecule has 3 heteroatoms. The van der Waals surface area contributed by atoms with Crippen molar-refractivity contribution in [3.8, 4) is 11.1 Å². The number of aromatic amines is 1. The first-order valence-corrected chi connectivity index (χ1v) is 8.14. The van der Waals surface area contributed by atoms with Gasteiger partial charge in [0.15, 0.2) is 5.78 Å². The summed E-state index contributed by atoms with van der Waals surface area (Å²) in [6.45, 7) is 3.02. The van der Waals surface area contributed by atoms with Crippen LogP contribution < -0.4 is 0 Å². The molecule has 1 N–H and O–H groups in total. The first-order chi connectivity index (χ1) is 11.8. The van der Waals surface area contributed by atoms with Gasteiger partial charge in [-0.3, -0.25) is 4.79 Å². The Hall–Kier alpha value is -3.07. The number of para-hydroxylation sites is 1. The molecule has 0 unspecified atom stereocenters. The third-order valence-electron chi connectivity index (χ3n) is 4.45. The number of carbonyl (C=O) groups excluding carboxylic acids is 1. The van der Waals surface area contributed by atoms with E-state index in [1.165, 1.54) is 10.9 Å². The molecule has 0 saturated heterocycles. The molecular weight excluding hydrogens is 296 g/mol. The van der Waals surface area contributed by atoms with E-state index in [1.54, 1.807) is 6.20 Å². The number of aromatic nitrogens is 2. The molecule has 0 atom stereocenters. The Balaban J connectivity index is 1.88. The second kappa shape index (κ2) is 5.85. The Morgan fingerprint density at radius 1 is 0.958 bits per heavy atom. The Kier molecular flexibility index (Phi) is 3.54. The lowest BCUT2D eigenvalue weighted by atomic mass is 9.98. The van der Waals surface area contributed by atoms with E-state index >= 15 is 0 Å². The molecule has 2 aromatic carbocycles. The Morgan fingerprint density at radius 2 is 1.71 bits per heavy atom. The molecule has 0 amide bonds. The molecule has 0 bridgehead atoms. The lowest BCUT2D eigenvalue weighted by Crippen LogP contribution is -2.01. The predicted octanol–water partition coefficient (Wildman–Crippen LogP) is 4.89. The highest BCUT2D eigenvalue weighted by atomic mass is 16.1. The lowest BCUT2D eigenvalue weighted by molar-refractivity contribution is 0.103. The van der Waals surface area contributed by atoms with E-state index in [4.69, 9.17) is 0 Å². The summed E-state index contributed by atoms with van der Waals surface area (Å²) in [5, 5.41) is 1.17. The number of H-pyrrole nitrogens is 1. The van der Waals surface area contributed by atoms with Crippen LogP contribution >= 0.6 is 0 Å². The fourth-order valence-electron chi connectivity index (χ4n) is 3.24. The molecular formula is C21H18N2O. The van der Waals surface area contributed by atoms with E-state index in [0.29, 0.717) is 11.1 Å². The van der Waals surface area contributed by atoms with Gasteiger partial charge < -0.3 is 9.55 Å². The van der Waals surface area contributed by atoms with Gasteiger partial charge in [-0.25, -0.2) is 0 Å². The summed E-state index contributed by atoms with van der Waals surface area (Å²) in [4.78, 5) is 16.0. The Labute approximate surface area is 140 Å². The molecule has 0 aliphatic carbocycles. The number of rotatable bonds is 4. The smallest absolute Gasteiger partial charge is 0.195 e. The molecule has 0 aliphatic heterocycles. The maximum atomic E-state index is 12.9. The summed E-state index contributed by atoms with van der Waals surface area (Å²) in [7, 11) is 0. The second-order valence-electron chi connectivity index (χ2n) is 5.82. The summed E-state index contributed by atoms with van der Waals surface area (Å²) < 4.78 is 2.22. The molecule has 118 valence electrons. The zero-order chi connectivity index (χ0) is 16.5. The fraction of sp³-hybridized carbons (Fsp3) is 0.0952. The molecule has 4 rings (SSSR count). The van der Waals surface area contributed by atoms with Crippen molar-refractivity contribution in [3.63, 3.8) is 0 Å². The Morgan fingerprint density at radius 3 is 2.50 bits per heavy atom. The van der Waals surface area contributed by atoms with E-state index in [1.807, 2.05) is 48.7 Å². The van der Waals surface area contributed by atoms with Crippen LogP contribution in [0.4, 0.5) is 0 Å². The standard InChI is InChI=1S/C21H18N2O/c1-2-23-14-19(16-10-6-7-11-20(16)23)17-12-22-13-18(17)21(24)15-8-4-3-5-9-15/h3-14,22H,2H2,1H3. The molecule has 0 aliphatic rings. The van der Waals surface area contributed by atoms with Crippen molar-refractivity contribution in [2.24, 2.45) is 0 Å². The number of hydrogen-bond acceptors (Lipinski definition) is 1. The van der Waals surface area contributed by atoms with Crippen LogP contribution in [0.5, 0.6) is 0 Å². The largest absolute Gasteiger partial charge is 0.366 e. The minimum atomic E-state index is 0.0418. The van der Waals surface area contributed by atoms with Gasteiger partial charge in [0.25, 0.3) is 0 Å². The first-order valence-electron chi connectivity index (χ1n) is 8.14. The zero-order valence-corrected chi connectivity index (χ0v) is 13.5. The summed E-state index contributed by atoms with van der Waals surface area (Å²) in [5.41, 5.74) is 4.65. The average Bonchev–Trinajstić information content (AvgIpc) is 3.26. The van der Waals surface area contributed by atoms with Gasteiger partial charge in [-0.2, -0.15) is 0 Å². The van der Waals surface area contributed by atoms with Crippen LogP contribution in [0.3, 0.4) is 0 Å². The highest BCUT2D eigenvalue weighted by molar-refractivity contribution is 6.14. The topological polar surface area (TPSA) is 37.8 Å². The van der Waals surface area contributed by atoms with E-state index in [9.17, 15) is 4.79 Å². The molecule has 4 aromatic rings. The fourth-order valence-corrected chi connectivity index (χ4v) is 3.24. The molecule has 3 nitrogen and oxygen atoms in total.